The van der Waals surface area contributed by atoms with E-state index in [2.05, 4.69) is 10.6 Å². The second-order valence-corrected chi connectivity index (χ2v) is 7.76. The summed E-state index contributed by atoms with van der Waals surface area (Å²) in [7, 11) is 1.65. The average molecular weight is 419 g/mol. The van der Waals surface area contributed by atoms with Gasteiger partial charge >= 0.3 is 12.2 Å². The number of nitrogens with zero attached hydrogens (tertiary/aromatic N) is 1. The fourth-order valence-electron chi connectivity index (χ4n) is 4.34. The van der Waals surface area contributed by atoms with Gasteiger partial charge in [-0.05, 0) is 37.2 Å². The van der Waals surface area contributed by atoms with Crippen molar-refractivity contribution in [2.45, 2.75) is 50.5 Å². The summed E-state index contributed by atoms with van der Waals surface area (Å²) in [4.78, 5) is 37.8. The third-order valence-corrected chi connectivity index (χ3v) is 5.89. The van der Waals surface area contributed by atoms with E-state index in [9.17, 15) is 14.4 Å². The SMILES string of the molecule is CO[C@@H]1CC[C@H](N2CCC(NC(=O)OCc3ccccc3)C2=O)[C@H](CNC(=O)O)C1. The molecule has 1 aromatic rings. The minimum Gasteiger partial charge on any atom is -0.465 e. The highest BCUT2D eigenvalue weighted by Gasteiger charge is 2.42. The third kappa shape index (κ3) is 5.63. The summed E-state index contributed by atoms with van der Waals surface area (Å²) in [6, 6.07) is 8.62. The van der Waals surface area contributed by atoms with E-state index in [1.165, 1.54) is 0 Å². The molecule has 1 aliphatic heterocycles. The Morgan fingerprint density at radius 1 is 1.20 bits per heavy atom. The lowest BCUT2D eigenvalue weighted by Crippen LogP contribution is -2.51. The molecule has 1 unspecified atom stereocenters. The molecule has 1 saturated heterocycles. The third-order valence-electron chi connectivity index (χ3n) is 5.89. The Balaban J connectivity index is 1.54. The predicted octanol–water partition coefficient (Wildman–Crippen LogP) is 1.96. The van der Waals surface area contributed by atoms with E-state index in [0.29, 0.717) is 19.4 Å². The molecule has 164 valence electrons. The summed E-state index contributed by atoms with van der Waals surface area (Å²) < 4.78 is 10.7. The molecule has 3 rings (SSSR count). The van der Waals surface area contributed by atoms with Crippen molar-refractivity contribution in [3.63, 3.8) is 0 Å². The summed E-state index contributed by atoms with van der Waals surface area (Å²) in [5.41, 5.74) is 0.871. The number of likely N-dealkylation sites (tertiary alicyclic amines) is 1. The van der Waals surface area contributed by atoms with Crippen LogP contribution in [0.15, 0.2) is 30.3 Å². The molecule has 9 heteroatoms. The highest BCUT2D eigenvalue weighted by Crippen LogP contribution is 2.32. The number of carbonyl (C=O) groups excluding carboxylic acids is 2. The van der Waals surface area contributed by atoms with Crippen molar-refractivity contribution < 1.29 is 29.0 Å². The van der Waals surface area contributed by atoms with Gasteiger partial charge in [0.1, 0.15) is 12.6 Å². The van der Waals surface area contributed by atoms with E-state index in [1.54, 1.807) is 12.0 Å². The van der Waals surface area contributed by atoms with Crippen LogP contribution in [0, 0.1) is 5.92 Å². The molecule has 1 aliphatic carbocycles. The Morgan fingerprint density at radius 3 is 2.67 bits per heavy atom. The lowest BCUT2D eigenvalue weighted by Gasteiger charge is -2.40. The van der Waals surface area contributed by atoms with Gasteiger partial charge in [-0.25, -0.2) is 9.59 Å². The van der Waals surface area contributed by atoms with E-state index in [4.69, 9.17) is 14.6 Å². The molecule has 0 radical (unpaired) electrons. The molecule has 2 fully saturated rings. The monoisotopic (exact) mass is 419 g/mol. The summed E-state index contributed by atoms with van der Waals surface area (Å²) in [6.07, 6.45) is 1.09. The molecule has 2 aliphatic rings. The van der Waals surface area contributed by atoms with Crippen molar-refractivity contribution >= 4 is 18.1 Å². The van der Waals surface area contributed by atoms with Crippen LogP contribution in [0.2, 0.25) is 0 Å². The van der Waals surface area contributed by atoms with Crippen molar-refractivity contribution in [3.05, 3.63) is 35.9 Å². The van der Waals surface area contributed by atoms with Crippen LogP contribution in [-0.2, 0) is 20.9 Å². The van der Waals surface area contributed by atoms with Gasteiger partial charge < -0.3 is 30.1 Å². The van der Waals surface area contributed by atoms with Crippen LogP contribution in [0.3, 0.4) is 0 Å². The first-order chi connectivity index (χ1) is 14.5. The van der Waals surface area contributed by atoms with Gasteiger partial charge in [-0.3, -0.25) is 4.79 Å². The lowest BCUT2D eigenvalue weighted by molar-refractivity contribution is -0.133. The molecule has 30 heavy (non-hydrogen) atoms. The second kappa shape index (κ2) is 10.3. The highest BCUT2D eigenvalue weighted by molar-refractivity contribution is 5.87. The summed E-state index contributed by atoms with van der Waals surface area (Å²) in [6.45, 7) is 0.927. The van der Waals surface area contributed by atoms with Gasteiger partial charge in [0, 0.05) is 26.2 Å². The minimum absolute atomic E-state index is 0.0347. The number of alkyl carbamates (subject to hydrolysis) is 1. The first kappa shape index (κ1) is 21.9. The number of benzene rings is 1. The zero-order valence-electron chi connectivity index (χ0n) is 17.1. The standard InChI is InChI=1S/C21H29N3O6/c1-29-16-7-8-18(15(11-16)12-22-20(26)27)24-10-9-17(19(24)25)23-21(28)30-13-14-5-3-2-4-6-14/h2-6,15-18,22H,7-13H2,1H3,(H,23,28)(H,26,27)/t15-,16+,17?,18-/m0/s1. The van der Waals surface area contributed by atoms with Crippen molar-refractivity contribution in [1.82, 2.24) is 15.5 Å². The van der Waals surface area contributed by atoms with E-state index in [-0.39, 0.29) is 37.1 Å². The largest absolute Gasteiger partial charge is 0.465 e. The Labute approximate surface area is 175 Å². The molecule has 3 N–H and O–H groups in total. The van der Waals surface area contributed by atoms with Crippen molar-refractivity contribution in [3.8, 4) is 0 Å². The van der Waals surface area contributed by atoms with E-state index in [0.717, 1.165) is 18.4 Å². The van der Waals surface area contributed by atoms with Crippen molar-refractivity contribution in [1.29, 1.82) is 0 Å². The lowest BCUT2D eigenvalue weighted by atomic mass is 9.81. The van der Waals surface area contributed by atoms with Crippen molar-refractivity contribution in [2.75, 3.05) is 20.2 Å². The highest BCUT2D eigenvalue weighted by atomic mass is 16.5. The average Bonchev–Trinajstić information content (AvgIpc) is 3.11. The van der Waals surface area contributed by atoms with Gasteiger partial charge in [0.05, 0.1) is 6.10 Å². The molecule has 3 amide bonds. The Kier molecular flexibility index (Phi) is 7.51. The molecular weight excluding hydrogens is 390 g/mol. The van der Waals surface area contributed by atoms with Crippen LogP contribution < -0.4 is 10.6 Å². The summed E-state index contributed by atoms with van der Waals surface area (Å²) >= 11 is 0. The number of hydrogen-bond donors (Lipinski definition) is 3. The molecular formula is C21H29N3O6. The van der Waals surface area contributed by atoms with Gasteiger partial charge in [0.25, 0.3) is 0 Å². The smallest absolute Gasteiger partial charge is 0.408 e. The summed E-state index contributed by atoms with van der Waals surface area (Å²) in [5.74, 6) is -0.180. The fourth-order valence-corrected chi connectivity index (χ4v) is 4.34. The molecule has 4 atom stereocenters. The number of rotatable bonds is 7. The zero-order valence-corrected chi connectivity index (χ0v) is 17.1. The van der Waals surface area contributed by atoms with E-state index >= 15 is 0 Å². The first-order valence-corrected chi connectivity index (χ1v) is 10.2. The molecule has 0 aromatic heterocycles. The number of carbonyl (C=O) groups is 3. The fraction of sp³-hybridized carbons (Fsp3) is 0.571. The maximum Gasteiger partial charge on any atom is 0.408 e. The van der Waals surface area contributed by atoms with Gasteiger partial charge in [0.15, 0.2) is 0 Å². The molecule has 1 saturated carbocycles. The minimum atomic E-state index is -1.08. The topological polar surface area (TPSA) is 117 Å². The quantitative estimate of drug-likeness (QED) is 0.622. The van der Waals surface area contributed by atoms with Gasteiger partial charge in [-0.1, -0.05) is 30.3 Å². The molecule has 9 nitrogen and oxygen atoms in total. The van der Waals surface area contributed by atoms with Crippen LogP contribution in [0.4, 0.5) is 9.59 Å². The maximum atomic E-state index is 12.9. The van der Waals surface area contributed by atoms with Crippen LogP contribution in [0.1, 0.15) is 31.2 Å². The number of amides is 3. The second-order valence-electron chi connectivity index (χ2n) is 7.76. The number of carboxylic acid groups (broad SMARTS) is 1. The van der Waals surface area contributed by atoms with Gasteiger partial charge in [-0.15, -0.1) is 0 Å². The Hall–Kier alpha value is -2.81. The maximum absolute atomic E-state index is 12.9. The number of methoxy groups -OCH3 is 1. The number of nitrogens with one attached hydrogen (secondary N) is 2. The van der Waals surface area contributed by atoms with Gasteiger partial charge in [-0.2, -0.15) is 0 Å². The van der Waals surface area contributed by atoms with Crippen LogP contribution >= 0.6 is 0 Å². The summed E-state index contributed by atoms with van der Waals surface area (Å²) in [5, 5.41) is 14.1. The Bertz CT molecular complexity index is 744. The molecule has 1 heterocycles. The van der Waals surface area contributed by atoms with Gasteiger partial charge in [0.2, 0.25) is 5.91 Å². The first-order valence-electron chi connectivity index (χ1n) is 10.2. The molecule has 1 aromatic carbocycles. The predicted molar refractivity (Wildman–Crippen MR) is 108 cm³/mol. The molecule has 0 bridgehead atoms. The van der Waals surface area contributed by atoms with Crippen LogP contribution in [-0.4, -0.2) is 66.5 Å². The number of ether oxygens (including phenoxy) is 2. The Morgan fingerprint density at radius 2 is 1.97 bits per heavy atom. The van der Waals surface area contributed by atoms with Crippen LogP contribution in [0.5, 0.6) is 0 Å². The van der Waals surface area contributed by atoms with E-state index < -0.39 is 18.2 Å². The van der Waals surface area contributed by atoms with Crippen molar-refractivity contribution in [2.24, 2.45) is 5.92 Å². The molecule has 0 spiro atoms. The number of hydrogen-bond acceptors (Lipinski definition) is 5. The normalized spacial score (nSPS) is 26.3. The van der Waals surface area contributed by atoms with Crippen LogP contribution in [0.25, 0.3) is 0 Å². The van der Waals surface area contributed by atoms with E-state index in [1.807, 2.05) is 30.3 Å². The zero-order chi connectivity index (χ0) is 21.5.